The number of hydrogen-bond donors (Lipinski definition) is 2. The molecule has 15 heavy (non-hydrogen) atoms. The molecule has 2 nitrogen and oxygen atoms in total. The first kappa shape index (κ1) is 10.8. The molecule has 2 N–H and O–H groups in total. The summed E-state index contributed by atoms with van der Waals surface area (Å²) in [5.74, 6) is 0. The van der Waals surface area contributed by atoms with Crippen LogP contribution < -0.4 is 5.32 Å². The van der Waals surface area contributed by atoms with Crippen molar-refractivity contribution in [1.29, 1.82) is 0 Å². The number of aliphatic hydroxyl groups is 1. The second kappa shape index (κ2) is 4.90. The molecular weight excluding hydrogens is 206 g/mol. The molecule has 1 aliphatic rings. The molecule has 0 spiro atoms. The van der Waals surface area contributed by atoms with Crippen LogP contribution in [0, 0.1) is 0 Å². The summed E-state index contributed by atoms with van der Waals surface area (Å²) in [6.07, 6.45) is 5.03. The average Bonchev–Trinajstić information content (AvgIpc) is 2.66. The van der Waals surface area contributed by atoms with Crippen molar-refractivity contribution in [2.75, 3.05) is 11.6 Å². The number of thioether (sulfide) groups is 1. The summed E-state index contributed by atoms with van der Waals surface area (Å²) in [5, 5.41) is 13.1. The molecule has 0 aromatic heterocycles. The smallest absolute Gasteiger partial charge is 0.0741 e. The van der Waals surface area contributed by atoms with Crippen molar-refractivity contribution in [3.8, 4) is 0 Å². The van der Waals surface area contributed by atoms with Crippen LogP contribution in [0.25, 0.3) is 0 Å². The average molecular weight is 223 g/mol. The highest BCUT2D eigenvalue weighted by molar-refractivity contribution is 7.98. The van der Waals surface area contributed by atoms with E-state index in [0.717, 1.165) is 24.9 Å². The normalized spacial score (nSPS) is 25.5. The Labute approximate surface area is 95.1 Å². The highest BCUT2D eigenvalue weighted by atomic mass is 32.2. The first-order chi connectivity index (χ1) is 7.29. The van der Waals surface area contributed by atoms with E-state index in [9.17, 15) is 5.11 Å². The van der Waals surface area contributed by atoms with Gasteiger partial charge in [-0.05, 0) is 49.8 Å². The zero-order chi connectivity index (χ0) is 10.7. The van der Waals surface area contributed by atoms with Crippen LogP contribution >= 0.6 is 11.8 Å². The third kappa shape index (κ3) is 2.67. The predicted octanol–water partition coefficient (Wildman–Crippen LogP) is 2.73. The minimum Gasteiger partial charge on any atom is -0.391 e. The van der Waals surface area contributed by atoms with Gasteiger partial charge in [0.1, 0.15) is 0 Å². The fourth-order valence-electron chi connectivity index (χ4n) is 2.01. The van der Waals surface area contributed by atoms with E-state index in [2.05, 4.69) is 35.8 Å². The molecule has 0 unspecified atom stereocenters. The summed E-state index contributed by atoms with van der Waals surface area (Å²) < 4.78 is 0. The molecule has 1 saturated carbocycles. The van der Waals surface area contributed by atoms with E-state index in [1.807, 2.05) is 0 Å². The maximum Gasteiger partial charge on any atom is 0.0741 e. The molecule has 2 atom stereocenters. The Morgan fingerprint density at radius 2 is 2.00 bits per heavy atom. The molecule has 3 heteroatoms. The maximum atomic E-state index is 9.68. The Kier molecular flexibility index (Phi) is 3.54. The quantitative estimate of drug-likeness (QED) is 0.773. The van der Waals surface area contributed by atoms with Crippen molar-refractivity contribution in [2.24, 2.45) is 0 Å². The number of hydrogen-bond acceptors (Lipinski definition) is 3. The van der Waals surface area contributed by atoms with Crippen LogP contribution in [0.3, 0.4) is 0 Å². The Morgan fingerprint density at radius 1 is 1.27 bits per heavy atom. The van der Waals surface area contributed by atoms with Gasteiger partial charge in [-0.25, -0.2) is 0 Å². The Bertz CT molecular complexity index is 312. The summed E-state index contributed by atoms with van der Waals surface area (Å²) >= 11 is 1.74. The second-order valence-electron chi connectivity index (χ2n) is 3.98. The summed E-state index contributed by atoms with van der Waals surface area (Å²) in [5.41, 5.74) is 1.11. The lowest BCUT2D eigenvalue weighted by Crippen LogP contribution is -2.27. The first-order valence-corrected chi connectivity index (χ1v) is 6.61. The molecule has 0 saturated heterocycles. The molecule has 1 aromatic rings. The monoisotopic (exact) mass is 223 g/mol. The third-order valence-corrected chi connectivity index (χ3v) is 3.67. The van der Waals surface area contributed by atoms with Gasteiger partial charge in [0.2, 0.25) is 0 Å². The van der Waals surface area contributed by atoms with Crippen LogP contribution in [0.1, 0.15) is 19.3 Å². The van der Waals surface area contributed by atoms with E-state index in [1.165, 1.54) is 4.90 Å². The van der Waals surface area contributed by atoms with E-state index in [0.29, 0.717) is 0 Å². The van der Waals surface area contributed by atoms with Gasteiger partial charge in [0, 0.05) is 10.6 Å². The van der Waals surface area contributed by atoms with Crippen LogP contribution in [0.15, 0.2) is 29.2 Å². The van der Waals surface area contributed by atoms with E-state index < -0.39 is 0 Å². The number of nitrogens with one attached hydrogen (secondary N) is 1. The second-order valence-corrected chi connectivity index (χ2v) is 4.86. The minimum atomic E-state index is -0.176. The Morgan fingerprint density at radius 3 is 2.53 bits per heavy atom. The molecule has 1 aliphatic carbocycles. The van der Waals surface area contributed by atoms with Crippen molar-refractivity contribution in [3.63, 3.8) is 0 Å². The lowest BCUT2D eigenvalue weighted by atomic mass is 10.2. The molecule has 82 valence electrons. The molecule has 0 aliphatic heterocycles. The summed E-state index contributed by atoms with van der Waals surface area (Å²) in [7, 11) is 0. The Hall–Kier alpha value is -0.670. The van der Waals surface area contributed by atoms with Crippen LogP contribution in [-0.4, -0.2) is 23.5 Å². The van der Waals surface area contributed by atoms with Crippen molar-refractivity contribution in [3.05, 3.63) is 24.3 Å². The lowest BCUT2D eigenvalue weighted by Gasteiger charge is -2.17. The predicted molar refractivity (Wildman–Crippen MR) is 65.5 cm³/mol. The van der Waals surface area contributed by atoms with Crippen molar-refractivity contribution in [2.45, 2.75) is 36.3 Å². The van der Waals surface area contributed by atoms with E-state index in [4.69, 9.17) is 0 Å². The maximum absolute atomic E-state index is 9.68. The van der Waals surface area contributed by atoms with Gasteiger partial charge in [0.25, 0.3) is 0 Å². The molecule has 2 rings (SSSR count). The zero-order valence-corrected chi connectivity index (χ0v) is 9.76. The summed E-state index contributed by atoms with van der Waals surface area (Å²) in [4.78, 5) is 1.27. The SMILES string of the molecule is CSc1ccc(N[C@@H]2CCC[C@H]2O)cc1. The summed E-state index contributed by atoms with van der Waals surface area (Å²) in [6.45, 7) is 0. The molecular formula is C12H17NOS. The molecule has 0 radical (unpaired) electrons. The molecule has 0 bridgehead atoms. The molecule has 1 fully saturated rings. The highest BCUT2D eigenvalue weighted by Crippen LogP contribution is 2.24. The van der Waals surface area contributed by atoms with Gasteiger partial charge in [-0.2, -0.15) is 0 Å². The van der Waals surface area contributed by atoms with Gasteiger partial charge >= 0.3 is 0 Å². The number of aliphatic hydroxyl groups excluding tert-OH is 1. The largest absolute Gasteiger partial charge is 0.391 e. The van der Waals surface area contributed by atoms with E-state index in [1.54, 1.807) is 11.8 Å². The van der Waals surface area contributed by atoms with Crippen molar-refractivity contribution in [1.82, 2.24) is 0 Å². The van der Waals surface area contributed by atoms with Gasteiger partial charge < -0.3 is 10.4 Å². The fourth-order valence-corrected chi connectivity index (χ4v) is 2.42. The standard InChI is InChI=1S/C12H17NOS/c1-15-10-7-5-9(6-8-10)13-11-3-2-4-12(11)14/h5-8,11-14H,2-4H2,1H3/t11-,12-/m1/s1. The van der Waals surface area contributed by atoms with Gasteiger partial charge in [0.15, 0.2) is 0 Å². The topological polar surface area (TPSA) is 32.3 Å². The number of benzene rings is 1. The number of anilines is 1. The number of rotatable bonds is 3. The van der Waals surface area contributed by atoms with Gasteiger partial charge in [0.05, 0.1) is 12.1 Å². The van der Waals surface area contributed by atoms with Crippen molar-refractivity contribution >= 4 is 17.4 Å². The third-order valence-electron chi connectivity index (χ3n) is 2.92. The van der Waals surface area contributed by atoms with Crippen LogP contribution in [-0.2, 0) is 0 Å². The van der Waals surface area contributed by atoms with E-state index in [-0.39, 0.29) is 12.1 Å². The molecule has 1 aromatic carbocycles. The first-order valence-electron chi connectivity index (χ1n) is 5.38. The fraction of sp³-hybridized carbons (Fsp3) is 0.500. The molecule has 0 amide bonds. The van der Waals surface area contributed by atoms with Crippen LogP contribution in [0.2, 0.25) is 0 Å². The molecule has 0 heterocycles. The van der Waals surface area contributed by atoms with Crippen LogP contribution in [0.5, 0.6) is 0 Å². The highest BCUT2D eigenvalue weighted by Gasteiger charge is 2.24. The van der Waals surface area contributed by atoms with Crippen molar-refractivity contribution < 1.29 is 5.11 Å². The minimum absolute atomic E-state index is 0.176. The Balaban J connectivity index is 1.98. The van der Waals surface area contributed by atoms with Gasteiger partial charge in [-0.15, -0.1) is 11.8 Å². The zero-order valence-electron chi connectivity index (χ0n) is 8.94. The van der Waals surface area contributed by atoms with Gasteiger partial charge in [-0.1, -0.05) is 0 Å². The summed E-state index contributed by atoms with van der Waals surface area (Å²) in [6, 6.07) is 8.61. The van der Waals surface area contributed by atoms with E-state index >= 15 is 0 Å². The van der Waals surface area contributed by atoms with Crippen LogP contribution in [0.4, 0.5) is 5.69 Å². The van der Waals surface area contributed by atoms with Gasteiger partial charge in [-0.3, -0.25) is 0 Å². The lowest BCUT2D eigenvalue weighted by molar-refractivity contribution is 0.172.